The van der Waals surface area contributed by atoms with E-state index in [4.69, 9.17) is 11.6 Å². The molecule has 4 aromatic rings. The van der Waals surface area contributed by atoms with E-state index in [1.807, 2.05) is 24.4 Å². The van der Waals surface area contributed by atoms with Gasteiger partial charge in [-0.3, -0.25) is 19.1 Å². The summed E-state index contributed by atoms with van der Waals surface area (Å²) in [4.78, 5) is 33.2. The molecule has 0 saturated heterocycles. The molecule has 2 aromatic carbocycles. The Balaban J connectivity index is 1.57. The zero-order valence-electron chi connectivity index (χ0n) is 18.7. The van der Waals surface area contributed by atoms with Crippen molar-refractivity contribution in [3.05, 3.63) is 81.4 Å². The van der Waals surface area contributed by atoms with Crippen LogP contribution in [0, 0.1) is 12.8 Å². The molecule has 6 nitrogen and oxygen atoms in total. The zero-order valence-corrected chi connectivity index (χ0v) is 20.3. The van der Waals surface area contributed by atoms with Gasteiger partial charge in [-0.1, -0.05) is 17.7 Å². The molecule has 2 heterocycles. The van der Waals surface area contributed by atoms with E-state index in [9.17, 15) is 14.7 Å². The highest BCUT2D eigenvalue weighted by Crippen LogP contribution is 2.34. The lowest BCUT2D eigenvalue weighted by molar-refractivity contribution is -0.118. The monoisotopic (exact) mass is 493 g/mol. The number of hydrogen-bond donors (Lipinski definition) is 1. The van der Waals surface area contributed by atoms with Crippen molar-refractivity contribution in [3.8, 4) is 0 Å². The van der Waals surface area contributed by atoms with Crippen LogP contribution in [0.3, 0.4) is 0 Å². The predicted molar refractivity (Wildman–Crippen MR) is 135 cm³/mol. The summed E-state index contributed by atoms with van der Waals surface area (Å²) in [7, 11) is 0. The largest absolute Gasteiger partial charge is 0.392 e. The highest BCUT2D eigenvalue weighted by molar-refractivity contribution is 7.13. The van der Waals surface area contributed by atoms with Crippen LogP contribution in [0.15, 0.2) is 54.0 Å². The van der Waals surface area contributed by atoms with E-state index >= 15 is 0 Å². The number of aromatic nitrogens is 2. The topological polar surface area (TPSA) is 75.4 Å². The SMILES string of the molecule is Cc1c(CC(=O)N(CC2CC2)c2nccs2)c2cc(CO)ccc2n1C(=O)c1ccc(Cl)cc1. The fourth-order valence-electron chi connectivity index (χ4n) is 4.28. The molecule has 34 heavy (non-hydrogen) atoms. The highest BCUT2D eigenvalue weighted by atomic mass is 35.5. The summed E-state index contributed by atoms with van der Waals surface area (Å²) >= 11 is 7.46. The molecule has 1 N–H and O–H groups in total. The van der Waals surface area contributed by atoms with Crippen LogP contribution in [0.2, 0.25) is 5.02 Å². The second-order valence-electron chi connectivity index (χ2n) is 8.66. The van der Waals surface area contributed by atoms with E-state index in [0.29, 0.717) is 39.4 Å². The first-order chi connectivity index (χ1) is 16.5. The van der Waals surface area contributed by atoms with E-state index in [1.165, 1.54) is 11.3 Å². The van der Waals surface area contributed by atoms with Gasteiger partial charge in [0.2, 0.25) is 5.91 Å². The Kier molecular flexibility index (Phi) is 6.25. The van der Waals surface area contributed by atoms with Crippen molar-refractivity contribution in [2.24, 2.45) is 5.92 Å². The van der Waals surface area contributed by atoms with Crippen LogP contribution in [-0.4, -0.2) is 33.0 Å². The van der Waals surface area contributed by atoms with E-state index in [0.717, 1.165) is 29.4 Å². The summed E-state index contributed by atoms with van der Waals surface area (Å²) < 4.78 is 1.65. The Labute approximate surface area is 206 Å². The van der Waals surface area contributed by atoms with Crippen molar-refractivity contribution in [3.63, 3.8) is 0 Å². The number of thiazole rings is 1. The number of nitrogens with zero attached hydrogens (tertiary/aromatic N) is 3. The molecule has 174 valence electrons. The van der Waals surface area contributed by atoms with Gasteiger partial charge in [-0.05, 0) is 73.2 Å². The molecule has 0 unspecified atom stereocenters. The Morgan fingerprint density at radius 3 is 2.62 bits per heavy atom. The van der Waals surface area contributed by atoms with Gasteiger partial charge in [0, 0.05) is 39.8 Å². The van der Waals surface area contributed by atoms with E-state index in [2.05, 4.69) is 4.98 Å². The molecule has 0 atom stereocenters. The number of hydrogen-bond acceptors (Lipinski definition) is 5. The minimum Gasteiger partial charge on any atom is -0.392 e. The number of amides is 1. The van der Waals surface area contributed by atoms with Crippen LogP contribution in [0.4, 0.5) is 5.13 Å². The molecular formula is C26H24ClN3O3S. The van der Waals surface area contributed by atoms with Crippen LogP contribution in [-0.2, 0) is 17.8 Å². The Hall–Kier alpha value is -3.00. The summed E-state index contributed by atoms with van der Waals surface area (Å²) in [5.41, 5.74) is 3.44. The van der Waals surface area contributed by atoms with Gasteiger partial charge in [-0.25, -0.2) is 4.98 Å². The molecule has 1 aliphatic carbocycles. The van der Waals surface area contributed by atoms with Gasteiger partial charge in [0.25, 0.3) is 5.91 Å². The maximum atomic E-state index is 13.5. The lowest BCUT2D eigenvalue weighted by atomic mass is 10.0. The van der Waals surface area contributed by atoms with Gasteiger partial charge in [-0.15, -0.1) is 11.3 Å². The molecule has 5 rings (SSSR count). The molecule has 1 saturated carbocycles. The number of aliphatic hydroxyl groups is 1. The first-order valence-corrected chi connectivity index (χ1v) is 12.5. The minimum atomic E-state index is -0.190. The van der Waals surface area contributed by atoms with Crippen LogP contribution in [0.1, 0.15) is 40.0 Å². The van der Waals surface area contributed by atoms with Crippen molar-refractivity contribution < 1.29 is 14.7 Å². The van der Waals surface area contributed by atoms with Crippen molar-refractivity contribution in [1.82, 2.24) is 9.55 Å². The Morgan fingerprint density at radius 2 is 1.97 bits per heavy atom. The van der Waals surface area contributed by atoms with Crippen LogP contribution in [0.5, 0.6) is 0 Å². The average Bonchev–Trinajstić information content (AvgIpc) is 3.42. The normalized spacial score (nSPS) is 13.4. The first kappa shape index (κ1) is 22.8. The number of benzene rings is 2. The smallest absolute Gasteiger partial charge is 0.262 e. The lowest BCUT2D eigenvalue weighted by Gasteiger charge is -2.20. The van der Waals surface area contributed by atoms with Gasteiger partial charge in [0.15, 0.2) is 5.13 Å². The molecule has 0 spiro atoms. The number of anilines is 1. The van der Waals surface area contributed by atoms with Crippen molar-refractivity contribution in [1.29, 1.82) is 0 Å². The molecular weight excluding hydrogens is 470 g/mol. The molecule has 8 heteroatoms. The van der Waals surface area contributed by atoms with Gasteiger partial charge in [0.1, 0.15) is 0 Å². The van der Waals surface area contributed by atoms with E-state index < -0.39 is 0 Å². The number of carbonyl (C=O) groups excluding carboxylic acids is 2. The summed E-state index contributed by atoms with van der Waals surface area (Å²) in [5.74, 6) is 0.282. The quantitative estimate of drug-likeness (QED) is 0.382. The van der Waals surface area contributed by atoms with Crippen molar-refractivity contribution in [2.45, 2.75) is 32.8 Å². The minimum absolute atomic E-state index is 0.0441. The number of rotatable bonds is 7. The van der Waals surface area contributed by atoms with E-state index in [1.54, 1.807) is 46.0 Å². The van der Waals surface area contributed by atoms with Crippen molar-refractivity contribution >= 4 is 50.8 Å². The number of halogens is 1. The molecule has 0 aliphatic heterocycles. The second-order valence-corrected chi connectivity index (χ2v) is 9.97. The van der Waals surface area contributed by atoms with Gasteiger partial charge in [0.05, 0.1) is 18.5 Å². The summed E-state index contributed by atoms with van der Waals surface area (Å²) in [5, 5.41) is 13.6. The molecule has 1 amide bonds. The summed E-state index contributed by atoms with van der Waals surface area (Å²) in [6.07, 6.45) is 4.11. The molecule has 1 fully saturated rings. The standard InChI is InChI=1S/C26H24ClN3O3S/c1-16-21(13-24(32)29(14-17-2-3-17)26-28-10-11-34-26)22-12-18(15-31)4-9-23(22)30(16)25(33)19-5-7-20(27)8-6-19/h4-12,17,31H,2-3,13-15H2,1H3. The second kappa shape index (κ2) is 9.33. The molecule has 1 aliphatic rings. The lowest BCUT2D eigenvalue weighted by Crippen LogP contribution is -2.34. The van der Waals surface area contributed by atoms with Gasteiger partial charge >= 0.3 is 0 Å². The van der Waals surface area contributed by atoms with Crippen LogP contribution in [0.25, 0.3) is 10.9 Å². The Bertz CT molecular complexity index is 1360. The molecule has 0 bridgehead atoms. The highest BCUT2D eigenvalue weighted by Gasteiger charge is 2.30. The first-order valence-electron chi connectivity index (χ1n) is 11.2. The third-order valence-corrected chi connectivity index (χ3v) is 7.34. The third kappa shape index (κ3) is 4.39. The van der Waals surface area contributed by atoms with Gasteiger partial charge in [-0.2, -0.15) is 0 Å². The molecule has 0 radical (unpaired) electrons. The Morgan fingerprint density at radius 1 is 1.21 bits per heavy atom. The third-order valence-electron chi connectivity index (χ3n) is 6.29. The fraction of sp³-hybridized carbons (Fsp3) is 0.269. The predicted octanol–water partition coefficient (Wildman–Crippen LogP) is 5.23. The van der Waals surface area contributed by atoms with E-state index in [-0.39, 0.29) is 24.8 Å². The maximum Gasteiger partial charge on any atom is 0.262 e. The number of carbonyl (C=O) groups is 2. The van der Waals surface area contributed by atoms with Gasteiger partial charge < -0.3 is 5.11 Å². The fourth-order valence-corrected chi connectivity index (χ4v) is 5.07. The maximum absolute atomic E-state index is 13.5. The number of fused-ring (bicyclic) bond motifs is 1. The summed E-state index contributed by atoms with van der Waals surface area (Å²) in [6, 6.07) is 12.3. The average molecular weight is 494 g/mol. The zero-order chi connectivity index (χ0) is 23.8. The van der Waals surface area contributed by atoms with Crippen LogP contribution < -0.4 is 4.90 Å². The molecule has 2 aromatic heterocycles. The van der Waals surface area contributed by atoms with Crippen molar-refractivity contribution in [2.75, 3.05) is 11.4 Å². The summed E-state index contributed by atoms with van der Waals surface area (Å²) in [6.45, 7) is 2.41. The number of aliphatic hydroxyl groups excluding tert-OH is 1. The van der Waals surface area contributed by atoms with Crippen LogP contribution >= 0.6 is 22.9 Å².